The third-order valence-corrected chi connectivity index (χ3v) is 4.29. The van der Waals surface area contributed by atoms with Crippen LogP contribution in [-0.4, -0.2) is 40.4 Å². The van der Waals surface area contributed by atoms with Crippen LogP contribution in [0.2, 0.25) is 5.02 Å². The maximum absolute atomic E-state index is 14.5. The minimum atomic E-state index is -0.570. The van der Waals surface area contributed by atoms with E-state index >= 15 is 0 Å². The lowest BCUT2D eigenvalue weighted by Gasteiger charge is -2.32. The summed E-state index contributed by atoms with van der Waals surface area (Å²) in [6.07, 6.45) is 3.21. The topological polar surface area (TPSA) is 59.1 Å². The number of hydrogen-bond donors (Lipinski definition) is 1. The summed E-state index contributed by atoms with van der Waals surface area (Å²) < 4.78 is 21.8. The molecule has 1 fully saturated rings. The SMILES string of the molecule is C[C@H]1CNCCN1c1nc2cc(Cl)c(F)c(-n3cccn3)c2o1. The van der Waals surface area contributed by atoms with Gasteiger partial charge in [0.15, 0.2) is 11.4 Å². The van der Waals surface area contributed by atoms with Gasteiger partial charge in [-0.05, 0) is 19.1 Å². The zero-order chi connectivity index (χ0) is 16.0. The van der Waals surface area contributed by atoms with Crippen molar-refractivity contribution in [1.82, 2.24) is 20.1 Å². The van der Waals surface area contributed by atoms with Crippen molar-refractivity contribution in [3.8, 4) is 5.69 Å². The van der Waals surface area contributed by atoms with Crippen LogP contribution in [0.3, 0.4) is 0 Å². The molecule has 1 aliphatic heterocycles. The van der Waals surface area contributed by atoms with Crippen LogP contribution in [0.5, 0.6) is 0 Å². The van der Waals surface area contributed by atoms with Crippen molar-refractivity contribution < 1.29 is 8.81 Å². The number of piperazine rings is 1. The van der Waals surface area contributed by atoms with Gasteiger partial charge in [0.2, 0.25) is 0 Å². The number of fused-ring (bicyclic) bond motifs is 1. The average molecular weight is 336 g/mol. The van der Waals surface area contributed by atoms with Gasteiger partial charge in [0.25, 0.3) is 6.01 Å². The Morgan fingerprint density at radius 1 is 1.48 bits per heavy atom. The fraction of sp³-hybridized carbons (Fsp3) is 0.333. The molecule has 3 heterocycles. The molecular formula is C15H15ClFN5O. The van der Waals surface area contributed by atoms with Crippen LogP contribution in [-0.2, 0) is 0 Å². The molecule has 1 atom stereocenters. The number of nitrogens with zero attached hydrogens (tertiary/aromatic N) is 4. The lowest BCUT2D eigenvalue weighted by atomic mass is 10.2. The van der Waals surface area contributed by atoms with Crippen LogP contribution in [0.25, 0.3) is 16.8 Å². The molecule has 0 aliphatic carbocycles. The molecular weight excluding hydrogens is 321 g/mol. The van der Waals surface area contributed by atoms with Crippen LogP contribution >= 0.6 is 11.6 Å². The zero-order valence-corrected chi connectivity index (χ0v) is 13.2. The summed E-state index contributed by atoms with van der Waals surface area (Å²) in [5.41, 5.74) is 1.04. The molecule has 0 unspecified atom stereocenters. The molecule has 1 aliphatic rings. The third-order valence-electron chi connectivity index (χ3n) is 4.02. The van der Waals surface area contributed by atoms with E-state index in [1.807, 2.05) is 0 Å². The van der Waals surface area contributed by atoms with E-state index in [1.54, 1.807) is 18.5 Å². The number of nitrogens with one attached hydrogen (secondary N) is 1. The van der Waals surface area contributed by atoms with Gasteiger partial charge in [0.05, 0.1) is 5.02 Å². The molecule has 1 N–H and O–H groups in total. The fourth-order valence-electron chi connectivity index (χ4n) is 2.84. The van der Waals surface area contributed by atoms with Gasteiger partial charge in [-0.3, -0.25) is 0 Å². The summed E-state index contributed by atoms with van der Waals surface area (Å²) in [6, 6.07) is 3.91. The predicted octanol–water partition coefficient (Wildman–Crippen LogP) is 2.60. The van der Waals surface area contributed by atoms with Gasteiger partial charge in [-0.25, -0.2) is 9.07 Å². The van der Waals surface area contributed by atoms with E-state index in [1.165, 1.54) is 10.7 Å². The monoisotopic (exact) mass is 335 g/mol. The Labute approximate surface area is 136 Å². The summed E-state index contributed by atoms with van der Waals surface area (Å²) in [6.45, 7) is 4.56. The van der Waals surface area contributed by atoms with E-state index < -0.39 is 5.82 Å². The van der Waals surface area contributed by atoms with Crippen LogP contribution in [0.4, 0.5) is 10.4 Å². The van der Waals surface area contributed by atoms with Crippen molar-refractivity contribution in [2.45, 2.75) is 13.0 Å². The molecule has 0 amide bonds. The van der Waals surface area contributed by atoms with E-state index in [0.717, 1.165) is 19.6 Å². The van der Waals surface area contributed by atoms with Gasteiger partial charge < -0.3 is 14.6 Å². The summed E-state index contributed by atoms with van der Waals surface area (Å²) >= 11 is 6.01. The summed E-state index contributed by atoms with van der Waals surface area (Å²) in [5, 5.41) is 7.39. The highest BCUT2D eigenvalue weighted by atomic mass is 35.5. The molecule has 4 rings (SSSR count). The van der Waals surface area contributed by atoms with Crippen molar-refractivity contribution in [2.75, 3.05) is 24.5 Å². The lowest BCUT2D eigenvalue weighted by Crippen LogP contribution is -2.50. The van der Waals surface area contributed by atoms with Gasteiger partial charge in [-0.2, -0.15) is 10.1 Å². The Morgan fingerprint density at radius 2 is 2.35 bits per heavy atom. The standard InChI is InChI=1S/C15H15ClFN5O/c1-9-8-18-4-6-21(9)15-20-11-7-10(16)12(17)13(14(11)23-15)22-5-2-3-19-22/h2-3,5,7,9,18H,4,6,8H2,1H3/t9-/m0/s1. The number of halogens is 2. The molecule has 1 saturated heterocycles. The van der Waals surface area contributed by atoms with Crippen LogP contribution in [0.15, 0.2) is 28.9 Å². The van der Waals surface area contributed by atoms with Crippen molar-refractivity contribution in [2.24, 2.45) is 0 Å². The summed E-state index contributed by atoms with van der Waals surface area (Å²) in [5.74, 6) is -0.570. The second kappa shape index (κ2) is 5.50. The lowest BCUT2D eigenvalue weighted by molar-refractivity contribution is 0.455. The van der Waals surface area contributed by atoms with E-state index in [9.17, 15) is 4.39 Å². The van der Waals surface area contributed by atoms with Gasteiger partial charge in [-0.1, -0.05) is 11.6 Å². The molecule has 0 radical (unpaired) electrons. The molecule has 3 aromatic rings. The molecule has 2 aromatic heterocycles. The minimum Gasteiger partial charge on any atom is -0.421 e. The molecule has 8 heteroatoms. The van der Waals surface area contributed by atoms with E-state index in [0.29, 0.717) is 17.1 Å². The van der Waals surface area contributed by atoms with Crippen molar-refractivity contribution >= 4 is 28.7 Å². The first-order valence-electron chi connectivity index (χ1n) is 7.41. The Balaban J connectivity index is 1.90. The Bertz CT molecular complexity index is 847. The number of benzene rings is 1. The number of rotatable bonds is 2. The fourth-order valence-corrected chi connectivity index (χ4v) is 3.03. The Morgan fingerprint density at radius 3 is 3.09 bits per heavy atom. The molecule has 1 aromatic carbocycles. The molecule has 0 bridgehead atoms. The maximum atomic E-state index is 14.5. The summed E-state index contributed by atoms with van der Waals surface area (Å²) in [4.78, 5) is 6.56. The number of hydrogen-bond acceptors (Lipinski definition) is 5. The largest absolute Gasteiger partial charge is 0.421 e. The molecule has 6 nitrogen and oxygen atoms in total. The molecule has 0 saturated carbocycles. The minimum absolute atomic E-state index is 0.00351. The second-order valence-electron chi connectivity index (χ2n) is 5.56. The smallest absolute Gasteiger partial charge is 0.298 e. The highest BCUT2D eigenvalue weighted by Gasteiger charge is 2.25. The number of oxazole rings is 1. The summed E-state index contributed by atoms with van der Waals surface area (Å²) in [7, 11) is 0. The quantitative estimate of drug-likeness (QED) is 0.780. The molecule has 23 heavy (non-hydrogen) atoms. The Hall–Kier alpha value is -2.12. The third kappa shape index (κ3) is 2.36. The van der Waals surface area contributed by atoms with Crippen molar-refractivity contribution in [3.63, 3.8) is 0 Å². The molecule has 120 valence electrons. The van der Waals surface area contributed by atoms with Crippen molar-refractivity contribution in [1.29, 1.82) is 0 Å². The number of aromatic nitrogens is 3. The van der Waals surface area contributed by atoms with Gasteiger partial charge in [-0.15, -0.1) is 0 Å². The predicted molar refractivity (Wildman–Crippen MR) is 85.8 cm³/mol. The zero-order valence-electron chi connectivity index (χ0n) is 12.5. The average Bonchev–Trinajstić information content (AvgIpc) is 3.18. The first kappa shape index (κ1) is 14.5. The van der Waals surface area contributed by atoms with E-state index in [2.05, 4.69) is 27.2 Å². The molecule has 0 spiro atoms. The van der Waals surface area contributed by atoms with Crippen LogP contribution < -0.4 is 10.2 Å². The van der Waals surface area contributed by atoms with Crippen molar-refractivity contribution in [3.05, 3.63) is 35.4 Å². The van der Waals surface area contributed by atoms with Gasteiger partial charge in [0, 0.05) is 38.1 Å². The van der Waals surface area contributed by atoms with E-state index in [4.69, 9.17) is 16.0 Å². The normalized spacial score (nSPS) is 18.7. The van der Waals surface area contributed by atoms with Crippen LogP contribution in [0.1, 0.15) is 6.92 Å². The second-order valence-corrected chi connectivity index (χ2v) is 5.97. The maximum Gasteiger partial charge on any atom is 0.298 e. The van der Waals surface area contributed by atoms with Gasteiger partial charge >= 0.3 is 0 Å². The van der Waals surface area contributed by atoms with Gasteiger partial charge in [0.1, 0.15) is 11.2 Å². The van der Waals surface area contributed by atoms with E-state index in [-0.39, 0.29) is 16.8 Å². The highest BCUT2D eigenvalue weighted by molar-refractivity contribution is 6.31. The van der Waals surface area contributed by atoms with Crippen LogP contribution in [0, 0.1) is 5.82 Å². The highest BCUT2D eigenvalue weighted by Crippen LogP contribution is 2.33. The number of anilines is 1. The first-order valence-corrected chi connectivity index (χ1v) is 7.79. The first-order chi connectivity index (χ1) is 11.1. The Kier molecular flexibility index (Phi) is 3.46.